The number of hydrogen-bond donors (Lipinski definition) is 2. The lowest BCUT2D eigenvalue weighted by atomic mass is 10.2. The largest absolute Gasteiger partial charge is 0.399 e. The SMILES string of the molecule is C[C@@H](C(=O)Nc1cccc(N)c1)n1nnc2ccccc21. The molecule has 1 aromatic heterocycles. The van der Waals surface area contributed by atoms with Crippen molar-refractivity contribution in [1.29, 1.82) is 0 Å². The summed E-state index contributed by atoms with van der Waals surface area (Å²) in [6.45, 7) is 1.78. The number of para-hydroxylation sites is 1. The highest BCUT2D eigenvalue weighted by molar-refractivity contribution is 5.94. The van der Waals surface area contributed by atoms with Gasteiger partial charge in [0.25, 0.3) is 0 Å². The number of fused-ring (bicyclic) bond motifs is 1. The van der Waals surface area contributed by atoms with Gasteiger partial charge in [-0.05, 0) is 37.3 Å². The number of rotatable bonds is 3. The number of nitrogens with one attached hydrogen (secondary N) is 1. The molecule has 0 bridgehead atoms. The van der Waals surface area contributed by atoms with Gasteiger partial charge < -0.3 is 11.1 Å². The van der Waals surface area contributed by atoms with Crippen LogP contribution in [0, 0.1) is 0 Å². The monoisotopic (exact) mass is 281 g/mol. The highest BCUT2D eigenvalue weighted by Crippen LogP contribution is 2.18. The van der Waals surface area contributed by atoms with Crippen LogP contribution in [-0.2, 0) is 4.79 Å². The van der Waals surface area contributed by atoms with Gasteiger partial charge in [-0.15, -0.1) is 5.10 Å². The highest BCUT2D eigenvalue weighted by atomic mass is 16.2. The summed E-state index contributed by atoms with van der Waals surface area (Å²) in [5.74, 6) is -0.170. The number of nitrogen functional groups attached to an aromatic ring is 1. The molecule has 3 aromatic rings. The highest BCUT2D eigenvalue weighted by Gasteiger charge is 2.18. The molecule has 0 aliphatic rings. The molecule has 3 rings (SSSR count). The molecule has 1 amide bonds. The lowest BCUT2D eigenvalue weighted by Gasteiger charge is -2.13. The van der Waals surface area contributed by atoms with Crippen molar-refractivity contribution in [3.63, 3.8) is 0 Å². The topological polar surface area (TPSA) is 85.8 Å². The number of amides is 1. The predicted octanol–water partition coefficient (Wildman–Crippen LogP) is 2.21. The van der Waals surface area contributed by atoms with Crippen LogP contribution < -0.4 is 11.1 Å². The molecular weight excluding hydrogens is 266 g/mol. The molecule has 0 saturated carbocycles. The van der Waals surface area contributed by atoms with Gasteiger partial charge >= 0.3 is 0 Å². The van der Waals surface area contributed by atoms with E-state index in [0.29, 0.717) is 11.4 Å². The zero-order chi connectivity index (χ0) is 14.8. The third-order valence-corrected chi connectivity index (χ3v) is 3.28. The average molecular weight is 281 g/mol. The average Bonchev–Trinajstić information content (AvgIpc) is 2.90. The summed E-state index contributed by atoms with van der Waals surface area (Å²) in [6, 6.07) is 14.1. The molecule has 0 saturated heterocycles. The molecule has 21 heavy (non-hydrogen) atoms. The van der Waals surface area contributed by atoms with E-state index in [1.54, 1.807) is 35.9 Å². The van der Waals surface area contributed by atoms with E-state index in [1.807, 2.05) is 24.3 Å². The van der Waals surface area contributed by atoms with Crippen molar-refractivity contribution in [2.45, 2.75) is 13.0 Å². The van der Waals surface area contributed by atoms with Crippen LogP contribution in [0.5, 0.6) is 0 Å². The number of carbonyl (C=O) groups is 1. The van der Waals surface area contributed by atoms with Gasteiger partial charge in [-0.25, -0.2) is 4.68 Å². The van der Waals surface area contributed by atoms with Crippen LogP contribution in [0.15, 0.2) is 48.5 Å². The van der Waals surface area contributed by atoms with Crippen molar-refractivity contribution in [3.8, 4) is 0 Å². The Balaban J connectivity index is 1.84. The Morgan fingerprint density at radius 3 is 2.86 bits per heavy atom. The van der Waals surface area contributed by atoms with Gasteiger partial charge in [-0.3, -0.25) is 4.79 Å². The van der Waals surface area contributed by atoms with Crippen LogP contribution in [-0.4, -0.2) is 20.9 Å². The number of carbonyl (C=O) groups excluding carboxylic acids is 1. The molecule has 1 heterocycles. The third-order valence-electron chi connectivity index (χ3n) is 3.28. The summed E-state index contributed by atoms with van der Waals surface area (Å²) in [5.41, 5.74) is 8.56. The number of aromatic nitrogens is 3. The van der Waals surface area contributed by atoms with Crippen LogP contribution in [0.4, 0.5) is 11.4 Å². The Bertz CT molecular complexity index is 795. The molecule has 0 unspecified atom stereocenters. The summed E-state index contributed by atoms with van der Waals surface area (Å²) in [7, 11) is 0. The number of hydrogen-bond acceptors (Lipinski definition) is 4. The molecular formula is C15H15N5O. The van der Waals surface area contributed by atoms with Gasteiger partial charge in [0.2, 0.25) is 5.91 Å². The van der Waals surface area contributed by atoms with Crippen molar-refractivity contribution in [1.82, 2.24) is 15.0 Å². The minimum absolute atomic E-state index is 0.170. The van der Waals surface area contributed by atoms with Gasteiger partial charge in [0, 0.05) is 11.4 Å². The Labute approximate surface area is 121 Å². The number of anilines is 2. The Kier molecular flexibility index (Phi) is 3.27. The standard InChI is InChI=1S/C15H15N5O/c1-10(15(21)17-12-6-4-5-11(16)9-12)20-14-8-3-2-7-13(14)18-19-20/h2-10H,16H2,1H3,(H,17,21)/t10-/m0/s1. The smallest absolute Gasteiger partial charge is 0.249 e. The van der Waals surface area contributed by atoms with Crippen LogP contribution in [0.2, 0.25) is 0 Å². The fraction of sp³-hybridized carbons (Fsp3) is 0.133. The number of benzene rings is 2. The van der Waals surface area contributed by atoms with E-state index >= 15 is 0 Å². The van der Waals surface area contributed by atoms with E-state index in [9.17, 15) is 4.79 Å². The van der Waals surface area contributed by atoms with Crippen molar-refractivity contribution in [2.75, 3.05) is 11.1 Å². The second-order valence-corrected chi connectivity index (χ2v) is 4.81. The normalized spacial score (nSPS) is 12.2. The predicted molar refractivity (Wildman–Crippen MR) is 81.7 cm³/mol. The van der Waals surface area contributed by atoms with Gasteiger partial charge in [0.15, 0.2) is 0 Å². The van der Waals surface area contributed by atoms with Gasteiger partial charge in [-0.1, -0.05) is 23.4 Å². The van der Waals surface area contributed by atoms with Crippen molar-refractivity contribution < 1.29 is 4.79 Å². The Hall–Kier alpha value is -2.89. The molecule has 0 aliphatic carbocycles. The van der Waals surface area contributed by atoms with E-state index in [0.717, 1.165) is 11.0 Å². The Morgan fingerprint density at radius 1 is 1.24 bits per heavy atom. The molecule has 6 heteroatoms. The van der Waals surface area contributed by atoms with Crippen molar-refractivity contribution >= 4 is 28.3 Å². The third kappa shape index (κ3) is 2.55. The molecule has 0 radical (unpaired) electrons. The van der Waals surface area contributed by atoms with Crippen molar-refractivity contribution in [3.05, 3.63) is 48.5 Å². The molecule has 6 nitrogen and oxygen atoms in total. The van der Waals surface area contributed by atoms with E-state index in [1.165, 1.54) is 0 Å². The zero-order valence-corrected chi connectivity index (χ0v) is 11.5. The van der Waals surface area contributed by atoms with E-state index in [2.05, 4.69) is 15.6 Å². The van der Waals surface area contributed by atoms with E-state index in [4.69, 9.17) is 5.73 Å². The lowest BCUT2D eigenvalue weighted by molar-refractivity contribution is -0.119. The summed E-state index contributed by atoms with van der Waals surface area (Å²) in [6.07, 6.45) is 0. The maximum absolute atomic E-state index is 12.3. The molecule has 0 aliphatic heterocycles. The first kappa shape index (κ1) is 13.1. The molecule has 106 valence electrons. The second kappa shape index (κ2) is 5.24. The van der Waals surface area contributed by atoms with Crippen LogP contribution >= 0.6 is 0 Å². The van der Waals surface area contributed by atoms with E-state index in [-0.39, 0.29) is 5.91 Å². The minimum Gasteiger partial charge on any atom is -0.399 e. The maximum atomic E-state index is 12.3. The van der Waals surface area contributed by atoms with Crippen LogP contribution in [0.25, 0.3) is 11.0 Å². The fourth-order valence-electron chi connectivity index (χ4n) is 2.15. The first-order chi connectivity index (χ1) is 10.1. The summed E-state index contributed by atoms with van der Waals surface area (Å²) >= 11 is 0. The minimum atomic E-state index is -0.473. The number of nitrogens with two attached hydrogens (primary N) is 1. The van der Waals surface area contributed by atoms with Crippen LogP contribution in [0.1, 0.15) is 13.0 Å². The fourth-order valence-corrected chi connectivity index (χ4v) is 2.15. The molecule has 1 atom stereocenters. The molecule has 0 fully saturated rings. The first-order valence-corrected chi connectivity index (χ1v) is 6.61. The van der Waals surface area contributed by atoms with Gasteiger partial charge in [0.05, 0.1) is 5.52 Å². The van der Waals surface area contributed by atoms with E-state index < -0.39 is 6.04 Å². The maximum Gasteiger partial charge on any atom is 0.249 e. The van der Waals surface area contributed by atoms with Gasteiger partial charge in [-0.2, -0.15) is 0 Å². The molecule has 3 N–H and O–H groups in total. The molecule has 0 spiro atoms. The molecule has 2 aromatic carbocycles. The first-order valence-electron chi connectivity index (χ1n) is 6.61. The van der Waals surface area contributed by atoms with Gasteiger partial charge in [0.1, 0.15) is 11.6 Å². The summed E-state index contributed by atoms with van der Waals surface area (Å²) in [5, 5.41) is 10.9. The lowest BCUT2D eigenvalue weighted by Crippen LogP contribution is -2.24. The zero-order valence-electron chi connectivity index (χ0n) is 11.5. The number of nitrogens with zero attached hydrogens (tertiary/aromatic N) is 3. The second-order valence-electron chi connectivity index (χ2n) is 4.81. The quantitative estimate of drug-likeness (QED) is 0.721. The van der Waals surface area contributed by atoms with Crippen molar-refractivity contribution in [2.24, 2.45) is 0 Å². The Morgan fingerprint density at radius 2 is 2.05 bits per heavy atom. The summed E-state index contributed by atoms with van der Waals surface area (Å²) < 4.78 is 1.61. The van der Waals surface area contributed by atoms with Crippen LogP contribution in [0.3, 0.4) is 0 Å². The summed E-state index contributed by atoms with van der Waals surface area (Å²) in [4.78, 5) is 12.3.